The maximum atomic E-state index is 12.1. The van der Waals surface area contributed by atoms with E-state index in [1.807, 2.05) is 32.0 Å². The zero-order valence-electron chi connectivity index (χ0n) is 17.3. The molecule has 0 aliphatic heterocycles. The number of hydrogen-bond donors (Lipinski definition) is 3. The number of alkyl carbamates (subject to hydrolysis) is 1. The van der Waals surface area contributed by atoms with Crippen LogP contribution in [0.2, 0.25) is 0 Å². The van der Waals surface area contributed by atoms with E-state index >= 15 is 0 Å². The Labute approximate surface area is 175 Å². The van der Waals surface area contributed by atoms with Gasteiger partial charge in [-0.1, -0.05) is 35.8 Å². The Balaban J connectivity index is 3.00. The van der Waals surface area contributed by atoms with Crippen LogP contribution in [0.15, 0.2) is 22.7 Å². The second kappa shape index (κ2) is 10.7. The summed E-state index contributed by atoms with van der Waals surface area (Å²) in [5, 5.41) is 15.6. The summed E-state index contributed by atoms with van der Waals surface area (Å²) in [6, 6.07) is 4.54. The fourth-order valence-electron chi connectivity index (χ4n) is 2.55. The molecule has 3 N–H and O–H groups in total. The first-order valence-corrected chi connectivity index (χ1v) is 9.99. The highest BCUT2D eigenvalue weighted by atomic mass is 79.9. The van der Waals surface area contributed by atoms with Gasteiger partial charge in [-0.25, -0.2) is 9.59 Å². The molecule has 0 spiro atoms. The third-order valence-electron chi connectivity index (χ3n) is 3.91. The van der Waals surface area contributed by atoms with Crippen molar-refractivity contribution in [3.8, 4) is 0 Å². The van der Waals surface area contributed by atoms with E-state index in [2.05, 4.69) is 26.6 Å². The van der Waals surface area contributed by atoms with E-state index < -0.39 is 23.8 Å². The second-order valence-corrected chi connectivity index (χ2v) is 8.84. The zero-order chi connectivity index (χ0) is 21.5. The number of benzene rings is 1. The quantitative estimate of drug-likeness (QED) is 0.515. The van der Waals surface area contributed by atoms with E-state index in [1.54, 1.807) is 20.8 Å². The minimum Gasteiger partial charge on any atom is -0.467 e. The summed E-state index contributed by atoms with van der Waals surface area (Å²) in [5.74, 6) is -0.348. The van der Waals surface area contributed by atoms with Crippen LogP contribution < -0.4 is 10.6 Å². The SMILES string of the molecule is COC(=O)[C@@H](Nc1cc(Br)ccc1CC(CO)NC(=O)OC(C)(C)C)C(C)C. The zero-order valence-corrected chi connectivity index (χ0v) is 18.9. The Kier molecular flexibility index (Phi) is 9.23. The van der Waals surface area contributed by atoms with Crippen LogP contribution >= 0.6 is 15.9 Å². The summed E-state index contributed by atoms with van der Waals surface area (Å²) in [7, 11) is 1.35. The summed E-state index contributed by atoms with van der Waals surface area (Å²) >= 11 is 3.44. The van der Waals surface area contributed by atoms with Crippen LogP contribution in [0.4, 0.5) is 10.5 Å². The molecule has 28 heavy (non-hydrogen) atoms. The van der Waals surface area contributed by atoms with Gasteiger partial charge < -0.3 is 25.2 Å². The van der Waals surface area contributed by atoms with Crippen LogP contribution in [0.3, 0.4) is 0 Å². The molecule has 0 aromatic heterocycles. The van der Waals surface area contributed by atoms with Gasteiger partial charge in [-0.3, -0.25) is 0 Å². The van der Waals surface area contributed by atoms with E-state index in [0.717, 1.165) is 15.7 Å². The minimum atomic E-state index is -0.626. The van der Waals surface area contributed by atoms with Gasteiger partial charge in [0.05, 0.1) is 19.8 Å². The number of nitrogens with one attached hydrogen (secondary N) is 2. The van der Waals surface area contributed by atoms with E-state index in [0.29, 0.717) is 6.42 Å². The van der Waals surface area contributed by atoms with Crippen molar-refractivity contribution in [2.24, 2.45) is 5.92 Å². The fraction of sp³-hybridized carbons (Fsp3) is 0.600. The van der Waals surface area contributed by atoms with Gasteiger partial charge in [-0.15, -0.1) is 0 Å². The number of ether oxygens (including phenoxy) is 2. The summed E-state index contributed by atoms with van der Waals surface area (Å²) in [5.41, 5.74) is 0.940. The maximum Gasteiger partial charge on any atom is 0.407 e. The number of carbonyl (C=O) groups excluding carboxylic acids is 2. The number of amides is 1. The molecule has 0 fully saturated rings. The number of halogens is 1. The molecule has 1 aromatic carbocycles. The van der Waals surface area contributed by atoms with Gasteiger partial charge in [0, 0.05) is 10.2 Å². The van der Waals surface area contributed by atoms with Gasteiger partial charge in [-0.2, -0.15) is 0 Å². The maximum absolute atomic E-state index is 12.1. The highest BCUT2D eigenvalue weighted by Crippen LogP contribution is 2.25. The summed E-state index contributed by atoms with van der Waals surface area (Å²) in [6.45, 7) is 8.92. The van der Waals surface area contributed by atoms with Crippen LogP contribution in [0.25, 0.3) is 0 Å². The predicted molar refractivity (Wildman–Crippen MR) is 112 cm³/mol. The lowest BCUT2D eigenvalue weighted by Gasteiger charge is -2.25. The molecule has 1 unspecified atom stereocenters. The molecule has 0 aliphatic rings. The predicted octanol–water partition coefficient (Wildman–Crippen LogP) is 3.49. The first kappa shape index (κ1) is 24.2. The second-order valence-electron chi connectivity index (χ2n) is 7.92. The lowest BCUT2D eigenvalue weighted by atomic mass is 10.0. The molecular formula is C20H31BrN2O5. The largest absolute Gasteiger partial charge is 0.467 e. The highest BCUT2D eigenvalue weighted by Gasteiger charge is 2.25. The monoisotopic (exact) mass is 458 g/mol. The van der Waals surface area contributed by atoms with Crippen molar-refractivity contribution in [3.05, 3.63) is 28.2 Å². The summed E-state index contributed by atoms with van der Waals surface area (Å²) < 4.78 is 11.0. The number of aliphatic hydroxyl groups excluding tert-OH is 1. The molecule has 1 rings (SSSR count). The average molecular weight is 459 g/mol. The number of methoxy groups -OCH3 is 1. The smallest absolute Gasteiger partial charge is 0.407 e. The number of esters is 1. The van der Waals surface area contributed by atoms with E-state index in [-0.39, 0.29) is 18.5 Å². The molecule has 0 heterocycles. The molecule has 2 atom stereocenters. The van der Waals surface area contributed by atoms with Crippen LogP contribution in [-0.2, 0) is 20.7 Å². The average Bonchev–Trinajstić information content (AvgIpc) is 2.58. The molecule has 0 radical (unpaired) electrons. The van der Waals surface area contributed by atoms with E-state index in [4.69, 9.17) is 9.47 Å². The Hall–Kier alpha value is -1.80. The van der Waals surface area contributed by atoms with E-state index in [1.165, 1.54) is 7.11 Å². The Morgan fingerprint density at radius 2 is 1.89 bits per heavy atom. The first-order chi connectivity index (χ1) is 13.0. The van der Waals surface area contributed by atoms with Gasteiger partial charge in [0.25, 0.3) is 0 Å². The van der Waals surface area contributed by atoms with Crippen molar-refractivity contribution < 1.29 is 24.2 Å². The third-order valence-corrected chi connectivity index (χ3v) is 4.41. The molecule has 1 amide bonds. The number of rotatable bonds is 8. The normalized spacial score (nSPS) is 13.6. The van der Waals surface area contributed by atoms with Crippen molar-refractivity contribution in [1.29, 1.82) is 0 Å². The molecule has 8 heteroatoms. The molecular weight excluding hydrogens is 428 g/mol. The van der Waals surface area contributed by atoms with Crippen molar-refractivity contribution >= 4 is 33.7 Å². The minimum absolute atomic E-state index is 0.00723. The molecule has 0 aliphatic carbocycles. The van der Waals surface area contributed by atoms with Gasteiger partial charge >= 0.3 is 12.1 Å². The molecule has 1 aromatic rings. The van der Waals surface area contributed by atoms with Crippen LogP contribution in [0.1, 0.15) is 40.2 Å². The van der Waals surface area contributed by atoms with Crippen molar-refractivity contribution in [3.63, 3.8) is 0 Å². The Morgan fingerprint density at radius 1 is 1.25 bits per heavy atom. The van der Waals surface area contributed by atoms with E-state index in [9.17, 15) is 14.7 Å². The van der Waals surface area contributed by atoms with Gasteiger partial charge in [-0.05, 0) is 50.8 Å². The van der Waals surface area contributed by atoms with Crippen LogP contribution in [-0.4, -0.2) is 48.6 Å². The molecule has 158 valence electrons. The number of aliphatic hydroxyl groups is 1. The van der Waals surface area contributed by atoms with Crippen molar-refractivity contribution in [2.75, 3.05) is 19.0 Å². The van der Waals surface area contributed by atoms with Crippen molar-refractivity contribution in [2.45, 2.75) is 58.7 Å². The lowest BCUT2D eigenvalue weighted by molar-refractivity contribution is -0.142. The molecule has 0 saturated heterocycles. The third kappa shape index (κ3) is 8.06. The molecule has 0 bridgehead atoms. The van der Waals surface area contributed by atoms with Crippen LogP contribution in [0, 0.1) is 5.92 Å². The fourth-order valence-corrected chi connectivity index (χ4v) is 2.92. The highest BCUT2D eigenvalue weighted by molar-refractivity contribution is 9.10. The molecule has 7 nitrogen and oxygen atoms in total. The number of anilines is 1. The van der Waals surface area contributed by atoms with Gasteiger partial charge in [0.15, 0.2) is 0 Å². The van der Waals surface area contributed by atoms with Crippen LogP contribution in [0.5, 0.6) is 0 Å². The van der Waals surface area contributed by atoms with Crippen molar-refractivity contribution in [1.82, 2.24) is 5.32 Å². The topological polar surface area (TPSA) is 96.9 Å². The first-order valence-electron chi connectivity index (χ1n) is 9.20. The number of carbonyl (C=O) groups is 2. The lowest BCUT2D eigenvalue weighted by Crippen LogP contribution is -2.42. The summed E-state index contributed by atoms with van der Waals surface area (Å²) in [6.07, 6.45) is -0.232. The molecule has 0 saturated carbocycles. The summed E-state index contributed by atoms with van der Waals surface area (Å²) in [4.78, 5) is 24.1. The van der Waals surface area contributed by atoms with Gasteiger partial charge in [0.2, 0.25) is 0 Å². The Bertz CT molecular complexity index is 673. The standard InChI is InChI=1S/C20H31BrN2O5/c1-12(2)17(18(25)27-6)23-16-10-14(21)8-7-13(16)9-15(11-24)22-19(26)28-20(3,4)5/h7-8,10,12,15,17,23-24H,9,11H2,1-6H3,(H,22,26)/t15?,17-/m0/s1. The number of hydrogen-bond acceptors (Lipinski definition) is 6. The Morgan fingerprint density at radius 3 is 2.39 bits per heavy atom. The van der Waals surface area contributed by atoms with Gasteiger partial charge in [0.1, 0.15) is 11.6 Å².